The summed E-state index contributed by atoms with van der Waals surface area (Å²) in [6.45, 7) is 6.03. The molecule has 0 bridgehead atoms. The van der Waals surface area contributed by atoms with E-state index < -0.39 is 0 Å². The van der Waals surface area contributed by atoms with Crippen LogP contribution in [-0.2, 0) is 4.74 Å². The zero-order valence-corrected chi connectivity index (χ0v) is 11.8. The third kappa shape index (κ3) is 25.8. The van der Waals surface area contributed by atoms with Crippen LogP contribution in [0.5, 0.6) is 0 Å². The van der Waals surface area contributed by atoms with Crippen LogP contribution in [0.25, 0.3) is 0 Å². The molecular weight excluding hydrogens is 216 g/mol. The zero-order chi connectivity index (χ0) is 13.2. The molecule has 3 nitrogen and oxygen atoms in total. The maximum absolute atomic E-state index is 7.62. The van der Waals surface area contributed by atoms with Gasteiger partial charge in [0.15, 0.2) is 0 Å². The Hall–Kier alpha value is -0.120. The molecule has 17 heavy (non-hydrogen) atoms. The second kappa shape index (κ2) is 21.2. The summed E-state index contributed by atoms with van der Waals surface area (Å²) < 4.78 is 5.31. The summed E-state index contributed by atoms with van der Waals surface area (Å²) in [4.78, 5) is 0. The Morgan fingerprint density at radius 3 is 1.29 bits per heavy atom. The molecule has 2 N–H and O–H groups in total. The van der Waals surface area contributed by atoms with E-state index in [2.05, 4.69) is 13.8 Å². The average molecular weight is 248 g/mol. The van der Waals surface area contributed by atoms with Crippen LogP contribution in [0.2, 0.25) is 0 Å². The van der Waals surface area contributed by atoms with Crippen LogP contribution in [0.15, 0.2) is 0 Å². The fraction of sp³-hybridized carbons (Fsp3) is 1.00. The van der Waals surface area contributed by atoms with Crippen molar-refractivity contribution in [3.8, 4) is 0 Å². The van der Waals surface area contributed by atoms with Gasteiger partial charge in [-0.3, -0.25) is 0 Å². The minimum Gasteiger partial charge on any atom is -0.394 e. The highest BCUT2D eigenvalue weighted by atomic mass is 16.5. The Balaban J connectivity index is 0. The maximum Gasteiger partial charge on any atom is 0.0662 e. The number of aliphatic hydroxyl groups excluding tert-OH is 2. The van der Waals surface area contributed by atoms with E-state index in [0.29, 0.717) is 0 Å². The fourth-order valence-corrected chi connectivity index (χ4v) is 0.845. The predicted molar refractivity (Wildman–Crippen MR) is 73.3 cm³/mol. The van der Waals surface area contributed by atoms with Gasteiger partial charge in [0.1, 0.15) is 0 Å². The molecule has 0 saturated heterocycles. The van der Waals surface area contributed by atoms with Crippen LogP contribution >= 0.6 is 0 Å². The molecule has 0 amide bonds. The van der Waals surface area contributed by atoms with E-state index in [4.69, 9.17) is 14.9 Å². The van der Waals surface area contributed by atoms with E-state index in [9.17, 15) is 0 Å². The maximum atomic E-state index is 7.62. The van der Waals surface area contributed by atoms with E-state index in [1.165, 1.54) is 51.4 Å². The van der Waals surface area contributed by atoms with Crippen molar-refractivity contribution >= 4 is 0 Å². The molecule has 0 aromatic heterocycles. The molecule has 1 saturated carbocycles. The van der Waals surface area contributed by atoms with Crippen LogP contribution in [0.4, 0.5) is 0 Å². The van der Waals surface area contributed by atoms with E-state index in [0.717, 1.165) is 13.2 Å². The van der Waals surface area contributed by atoms with Gasteiger partial charge in [0.25, 0.3) is 0 Å². The first kappa shape index (κ1) is 19.2. The zero-order valence-electron chi connectivity index (χ0n) is 11.8. The lowest BCUT2D eigenvalue weighted by atomic mass is 10.0. The quantitative estimate of drug-likeness (QED) is 0.681. The monoisotopic (exact) mass is 248 g/mol. The van der Waals surface area contributed by atoms with Crippen molar-refractivity contribution in [1.82, 2.24) is 0 Å². The summed E-state index contributed by atoms with van der Waals surface area (Å²) in [5.41, 5.74) is 0. The highest BCUT2D eigenvalue weighted by molar-refractivity contribution is 4.50. The van der Waals surface area contributed by atoms with E-state index >= 15 is 0 Å². The van der Waals surface area contributed by atoms with Gasteiger partial charge in [-0.25, -0.2) is 0 Å². The number of aliphatic hydroxyl groups is 2. The van der Waals surface area contributed by atoms with Crippen LogP contribution in [0.1, 0.15) is 65.2 Å². The standard InChI is InChI=1S/C8H18O.C4H8.C2H6O2/c1-3-5-7-9-8-6-4-2;1-2-4-3-1;3-1-2-4/h3-8H2,1-2H3;1-4H2;3-4H,1-2H2. The largest absolute Gasteiger partial charge is 0.394 e. The number of hydrogen-bond donors (Lipinski definition) is 2. The van der Waals surface area contributed by atoms with Gasteiger partial charge in [-0.15, -0.1) is 0 Å². The molecule has 0 atom stereocenters. The molecule has 1 aliphatic carbocycles. The Morgan fingerprint density at radius 1 is 0.765 bits per heavy atom. The Bertz CT molecular complexity index is 91.6. The molecule has 0 aromatic carbocycles. The summed E-state index contributed by atoms with van der Waals surface area (Å²) in [6, 6.07) is 0. The van der Waals surface area contributed by atoms with Gasteiger partial charge in [0.05, 0.1) is 13.2 Å². The van der Waals surface area contributed by atoms with Crippen molar-refractivity contribution in [1.29, 1.82) is 0 Å². The molecule has 0 aliphatic heterocycles. The molecule has 0 aromatic rings. The summed E-state index contributed by atoms with van der Waals surface area (Å²) >= 11 is 0. The summed E-state index contributed by atoms with van der Waals surface area (Å²) in [5.74, 6) is 0. The molecular formula is C14H32O3. The van der Waals surface area contributed by atoms with Crippen LogP contribution in [0, 0.1) is 0 Å². The van der Waals surface area contributed by atoms with Crippen molar-refractivity contribution in [3.05, 3.63) is 0 Å². The lowest BCUT2D eigenvalue weighted by molar-refractivity contribution is 0.128. The third-order valence-electron chi connectivity index (χ3n) is 2.38. The Morgan fingerprint density at radius 2 is 1.12 bits per heavy atom. The van der Waals surface area contributed by atoms with Gasteiger partial charge in [-0.2, -0.15) is 0 Å². The van der Waals surface area contributed by atoms with Crippen LogP contribution in [0.3, 0.4) is 0 Å². The molecule has 1 rings (SSSR count). The van der Waals surface area contributed by atoms with Gasteiger partial charge in [-0.05, 0) is 12.8 Å². The highest BCUT2D eigenvalue weighted by Crippen LogP contribution is 2.15. The second-order valence-corrected chi connectivity index (χ2v) is 4.18. The Labute approximate surface area is 107 Å². The molecule has 0 radical (unpaired) electrons. The van der Waals surface area contributed by atoms with Gasteiger partial charge in [-0.1, -0.05) is 52.4 Å². The van der Waals surface area contributed by atoms with E-state index in [-0.39, 0.29) is 13.2 Å². The van der Waals surface area contributed by atoms with Crippen LogP contribution in [-0.4, -0.2) is 36.6 Å². The third-order valence-corrected chi connectivity index (χ3v) is 2.38. The van der Waals surface area contributed by atoms with E-state index in [1.807, 2.05) is 0 Å². The second-order valence-electron chi connectivity index (χ2n) is 4.18. The van der Waals surface area contributed by atoms with Gasteiger partial charge in [0, 0.05) is 13.2 Å². The topological polar surface area (TPSA) is 49.7 Å². The van der Waals surface area contributed by atoms with Gasteiger partial charge < -0.3 is 14.9 Å². The normalized spacial score (nSPS) is 12.7. The lowest BCUT2D eigenvalue weighted by Crippen LogP contribution is -1.95. The number of unbranched alkanes of at least 4 members (excludes halogenated alkanes) is 2. The molecule has 1 fully saturated rings. The minimum absolute atomic E-state index is 0.125. The van der Waals surface area contributed by atoms with Gasteiger partial charge >= 0.3 is 0 Å². The van der Waals surface area contributed by atoms with Gasteiger partial charge in [0.2, 0.25) is 0 Å². The fourth-order valence-electron chi connectivity index (χ4n) is 0.845. The molecule has 0 unspecified atom stereocenters. The summed E-state index contributed by atoms with van der Waals surface area (Å²) in [5, 5.41) is 15.2. The first-order valence-electron chi connectivity index (χ1n) is 7.12. The smallest absolute Gasteiger partial charge is 0.0662 e. The SMILES string of the molecule is C1CCC1.CCCCOCCCC.OCCO. The minimum atomic E-state index is -0.125. The highest BCUT2D eigenvalue weighted by Gasteiger charge is 1.95. The number of ether oxygens (including phenoxy) is 1. The van der Waals surface area contributed by atoms with Crippen molar-refractivity contribution in [3.63, 3.8) is 0 Å². The number of rotatable bonds is 7. The van der Waals surface area contributed by atoms with Crippen molar-refractivity contribution in [2.45, 2.75) is 65.2 Å². The predicted octanol–water partition coefficient (Wildman–Crippen LogP) is 3.13. The molecule has 1 aliphatic rings. The molecule has 0 heterocycles. The van der Waals surface area contributed by atoms with E-state index in [1.54, 1.807) is 0 Å². The van der Waals surface area contributed by atoms with Crippen molar-refractivity contribution < 1.29 is 14.9 Å². The lowest BCUT2D eigenvalue weighted by Gasteiger charge is -2.05. The first-order valence-corrected chi connectivity index (χ1v) is 7.12. The number of hydrogen-bond acceptors (Lipinski definition) is 3. The summed E-state index contributed by atoms with van der Waals surface area (Å²) in [7, 11) is 0. The Kier molecular flexibility index (Phi) is 24.0. The van der Waals surface area contributed by atoms with Crippen LogP contribution < -0.4 is 0 Å². The summed E-state index contributed by atoms with van der Waals surface area (Å²) in [6.07, 6.45) is 10.9. The average Bonchev–Trinajstić information content (AvgIpc) is 2.27. The molecule has 106 valence electrons. The first-order chi connectivity index (χ1) is 8.33. The molecule has 0 spiro atoms. The molecule has 3 heteroatoms. The van der Waals surface area contributed by atoms with Crippen molar-refractivity contribution in [2.24, 2.45) is 0 Å². The van der Waals surface area contributed by atoms with Crippen molar-refractivity contribution in [2.75, 3.05) is 26.4 Å².